The lowest BCUT2D eigenvalue weighted by Crippen LogP contribution is -2.13. The van der Waals surface area contributed by atoms with E-state index < -0.39 is 0 Å². The summed E-state index contributed by atoms with van der Waals surface area (Å²) in [6.45, 7) is 0. The van der Waals surface area contributed by atoms with E-state index >= 15 is 0 Å². The monoisotopic (exact) mass is 248 g/mol. The molecule has 0 bridgehead atoms. The molecule has 0 radical (unpaired) electrons. The van der Waals surface area contributed by atoms with Crippen LogP contribution in [0.3, 0.4) is 0 Å². The Bertz CT molecular complexity index is 517. The van der Waals surface area contributed by atoms with Crippen LogP contribution in [0.25, 0.3) is 5.52 Å². The van der Waals surface area contributed by atoms with Gasteiger partial charge in [0.2, 0.25) is 0 Å². The van der Waals surface area contributed by atoms with E-state index in [-0.39, 0.29) is 0 Å². The molecule has 0 aliphatic carbocycles. The standard InChI is InChI=1S/C13H16N2OS/c16-12-1-4-15-11(8-12)9-14-13(15)7-10-2-5-17-6-3-10/h1,4,8-10,16H,2-3,5-7H2. The van der Waals surface area contributed by atoms with Gasteiger partial charge in [0, 0.05) is 18.7 Å². The molecule has 1 N–H and O–H groups in total. The summed E-state index contributed by atoms with van der Waals surface area (Å²) >= 11 is 2.06. The predicted octanol–water partition coefficient (Wildman–Crippen LogP) is 2.73. The number of aromatic nitrogens is 2. The molecular formula is C13H16N2OS. The van der Waals surface area contributed by atoms with Crippen molar-refractivity contribution in [3.8, 4) is 5.75 Å². The molecule has 3 heterocycles. The second-order valence-corrected chi connectivity index (χ2v) is 5.84. The fourth-order valence-electron chi connectivity index (χ4n) is 2.40. The average Bonchev–Trinajstić information content (AvgIpc) is 2.73. The number of rotatable bonds is 2. The number of thioether (sulfide) groups is 1. The Labute approximate surface area is 105 Å². The molecule has 3 nitrogen and oxygen atoms in total. The molecule has 0 aromatic carbocycles. The largest absolute Gasteiger partial charge is 0.508 e. The van der Waals surface area contributed by atoms with Gasteiger partial charge in [-0.1, -0.05) is 0 Å². The van der Waals surface area contributed by atoms with Crippen LogP contribution < -0.4 is 0 Å². The van der Waals surface area contributed by atoms with Crippen LogP contribution in [0.2, 0.25) is 0 Å². The minimum atomic E-state index is 0.304. The number of fused-ring (bicyclic) bond motifs is 1. The summed E-state index contributed by atoms with van der Waals surface area (Å²) < 4.78 is 2.08. The topological polar surface area (TPSA) is 37.5 Å². The van der Waals surface area contributed by atoms with Crippen LogP contribution in [-0.2, 0) is 6.42 Å². The third kappa shape index (κ3) is 2.27. The van der Waals surface area contributed by atoms with E-state index in [2.05, 4.69) is 21.1 Å². The maximum absolute atomic E-state index is 9.42. The van der Waals surface area contributed by atoms with E-state index in [1.165, 1.54) is 24.3 Å². The molecule has 0 saturated carbocycles. The van der Waals surface area contributed by atoms with Crippen LogP contribution in [0.1, 0.15) is 18.7 Å². The van der Waals surface area contributed by atoms with Crippen molar-refractivity contribution in [3.63, 3.8) is 0 Å². The lowest BCUT2D eigenvalue weighted by atomic mass is 9.98. The van der Waals surface area contributed by atoms with Gasteiger partial charge < -0.3 is 9.51 Å². The predicted molar refractivity (Wildman–Crippen MR) is 70.6 cm³/mol. The molecule has 1 aliphatic heterocycles. The Morgan fingerprint density at radius 1 is 1.41 bits per heavy atom. The molecular weight excluding hydrogens is 232 g/mol. The van der Waals surface area contributed by atoms with Crippen molar-refractivity contribution in [3.05, 3.63) is 30.4 Å². The van der Waals surface area contributed by atoms with Crippen molar-refractivity contribution >= 4 is 17.3 Å². The Balaban J connectivity index is 1.84. The number of hydrogen-bond acceptors (Lipinski definition) is 3. The average molecular weight is 248 g/mol. The van der Waals surface area contributed by atoms with Gasteiger partial charge in [-0.2, -0.15) is 11.8 Å². The summed E-state index contributed by atoms with van der Waals surface area (Å²) in [4.78, 5) is 4.48. The van der Waals surface area contributed by atoms with Gasteiger partial charge in [0.25, 0.3) is 0 Å². The molecule has 1 saturated heterocycles. The van der Waals surface area contributed by atoms with E-state index in [4.69, 9.17) is 0 Å². The van der Waals surface area contributed by atoms with Crippen molar-refractivity contribution in [2.24, 2.45) is 5.92 Å². The van der Waals surface area contributed by atoms with Crippen LogP contribution in [0, 0.1) is 5.92 Å². The van der Waals surface area contributed by atoms with Gasteiger partial charge in [-0.15, -0.1) is 0 Å². The summed E-state index contributed by atoms with van der Waals surface area (Å²) in [5.74, 6) is 4.77. The maximum Gasteiger partial charge on any atom is 0.119 e. The van der Waals surface area contributed by atoms with Gasteiger partial charge in [0.15, 0.2) is 0 Å². The Kier molecular flexibility index (Phi) is 2.97. The molecule has 17 heavy (non-hydrogen) atoms. The highest BCUT2D eigenvalue weighted by Gasteiger charge is 2.16. The van der Waals surface area contributed by atoms with Crippen molar-refractivity contribution in [2.75, 3.05) is 11.5 Å². The van der Waals surface area contributed by atoms with Crippen molar-refractivity contribution in [1.29, 1.82) is 0 Å². The Hall–Kier alpha value is -1.16. The molecule has 1 fully saturated rings. The second kappa shape index (κ2) is 4.61. The van der Waals surface area contributed by atoms with Gasteiger partial charge in [-0.05, 0) is 36.3 Å². The van der Waals surface area contributed by atoms with Gasteiger partial charge in [-0.3, -0.25) is 0 Å². The highest BCUT2D eigenvalue weighted by Crippen LogP contribution is 2.26. The minimum Gasteiger partial charge on any atom is -0.508 e. The van der Waals surface area contributed by atoms with Crippen LogP contribution >= 0.6 is 11.8 Å². The third-order valence-electron chi connectivity index (χ3n) is 3.40. The molecule has 2 aromatic heterocycles. The smallest absolute Gasteiger partial charge is 0.119 e. The van der Waals surface area contributed by atoms with E-state index in [1.54, 1.807) is 12.1 Å². The zero-order valence-corrected chi connectivity index (χ0v) is 10.5. The summed E-state index contributed by atoms with van der Waals surface area (Å²) in [5.41, 5.74) is 0.977. The fraction of sp³-hybridized carbons (Fsp3) is 0.462. The first-order valence-electron chi connectivity index (χ1n) is 6.05. The molecule has 0 unspecified atom stereocenters. The summed E-state index contributed by atoms with van der Waals surface area (Å²) in [6, 6.07) is 3.47. The SMILES string of the molecule is Oc1ccn2c(CC3CCSCC3)ncc2c1. The number of pyridine rings is 1. The van der Waals surface area contributed by atoms with Crippen molar-refractivity contribution in [2.45, 2.75) is 19.3 Å². The molecule has 3 rings (SSSR count). The van der Waals surface area contributed by atoms with Gasteiger partial charge in [0.05, 0.1) is 11.7 Å². The quantitative estimate of drug-likeness (QED) is 0.888. The molecule has 4 heteroatoms. The molecule has 90 valence electrons. The minimum absolute atomic E-state index is 0.304. The van der Waals surface area contributed by atoms with Crippen LogP contribution in [-0.4, -0.2) is 26.0 Å². The van der Waals surface area contributed by atoms with Crippen LogP contribution in [0.5, 0.6) is 5.75 Å². The zero-order chi connectivity index (χ0) is 11.7. The van der Waals surface area contributed by atoms with Gasteiger partial charge >= 0.3 is 0 Å². The summed E-state index contributed by atoms with van der Waals surface area (Å²) in [7, 11) is 0. The van der Waals surface area contributed by atoms with E-state index in [9.17, 15) is 5.11 Å². The highest BCUT2D eigenvalue weighted by atomic mass is 32.2. The van der Waals surface area contributed by atoms with Gasteiger partial charge in [-0.25, -0.2) is 4.98 Å². The van der Waals surface area contributed by atoms with E-state index in [1.807, 2.05) is 12.4 Å². The molecule has 2 aromatic rings. The number of imidazole rings is 1. The zero-order valence-electron chi connectivity index (χ0n) is 9.67. The Morgan fingerprint density at radius 2 is 2.24 bits per heavy atom. The van der Waals surface area contributed by atoms with E-state index in [0.29, 0.717) is 5.75 Å². The van der Waals surface area contributed by atoms with Crippen LogP contribution in [0.4, 0.5) is 0 Å². The maximum atomic E-state index is 9.42. The summed E-state index contributed by atoms with van der Waals surface area (Å²) in [6.07, 6.45) is 7.41. The number of hydrogen-bond donors (Lipinski definition) is 1. The first-order chi connectivity index (χ1) is 8.33. The third-order valence-corrected chi connectivity index (χ3v) is 4.45. The number of aromatic hydroxyl groups is 1. The lowest BCUT2D eigenvalue weighted by molar-refractivity contribution is 0.471. The van der Waals surface area contributed by atoms with Gasteiger partial charge in [0.1, 0.15) is 11.6 Å². The molecule has 0 amide bonds. The fourth-order valence-corrected chi connectivity index (χ4v) is 3.61. The second-order valence-electron chi connectivity index (χ2n) is 4.61. The molecule has 0 spiro atoms. The molecule has 1 aliphatic rings. The first-order valence-corrected chi connectivity index (χ1v) is 7.21. The first kappa shape index (κ1) is 11.0. The molecule has 0 atom stereocenters. The van der Waals surface area contributed by atoms with Crippen molar-refractivity contribution in [1.82, 2.24) is 9.38 Å². The highest BCUT2D eigenvalue weighted by molar-refractivity contribution is 7.99. The van der Waals surface area contributed by atoms with Crippen molar-refractivity contribution < 1.29 is 5.11 Å². The Morgan fingerprint density at radius 3 is 3.06 bits per heavy atom. The number of nitrogens with zero attached hydrogens (tertiary/aromatic N) is 2. The summed E-state index contributed by atoms with van der Waals surface area (Å²) in [5, 5.41) is 9.42. The normalized spacial score (nSPS) is 17.6. The lowest BCUT2D eigenvalue weighted by Gasteiger charge is -2.20. The van der Waals surface area contributed by atoms with E-state index in [0.717, 1.165) is 23.7 Å². The van der Waals surface area contributed by atoms with Crippen LogP contribution in [0.15, 0.2) is 24.5 Å².